The van der Waals surface area contributed by atoms with Crippen molar-refractivity contribution in [2.24, 2.45) is 5.41 Å². The molecule has 2 saturated heterocycles. The zero-order chi connectivity index (χ0) is 17.4. The molecule has 4 rings (SSSR count). The lowest BCUT2D eigenvalue weighted by Crippen LogP contribution is -2.59. The molecule has 0 saturated carbocycles. The highest BCUT2D eigenvalue weighted by Crippen LogP contribution is 2.36. The summed E-state index contributed by atoms with van der Waals surface area (Å²) >= 11 is 0. The number of piperidine rings is 2. The van der Waals surface area contributed by atoms with Crippen molar-refractivity contribution in [3.8, 4) is 0 Å². The number of hydrogen-bond donors (Lipinski definition) is 3. The van der Waals surface area contributed by atoms with Gasteiger partial charge < -0.3 is 20.3 Å². The Morgan fingerprint density at radius 3 is 3.04 bits per heavy atom. The van der Waals surface area contributed by atoms with E-state index in [9.17, 15) is 14.7 Å². The van der Waals surface area contributed by atoms with Crippen molar-refractivity contribution >= 4 is 16.8 Å². The highest BCUT2D eigenvalue weighted by molar-refractivity contribution is 5.92. The van der Waals surface area contributed by atoms with E-state index in [2.05, 4.69) is 15.3 Å². The van der Waals surface area contributed by atoms with Gasteiger partial charge in [0, 0.05) is 25.0 Å². The normalized spacial score (nSPS) is 26.9. The van der Waals surface area contributed by atoms with E-state index in [-0.39, 0.29) is 22.7 Å². The summed E-state index contributed by atoms with van der Waals surface area (Å²) in [5, 5.41) is 14.3. The zero-order valence-corrected chi connectivity index (χ0v) is 14.0. The largest absolute Gasteiger partial charge is 0.392 e. The molecule has 0 aliphatic carbocycles. The lowest BCUT2D eigenvalue weighted by atomic mass is 9.72. The van der Waals surface area contributed by atoms with E-state index in [1.54, 1.807) is 29.2 Å². The highest BCUT2D eigenvalue weighted by atomic mass is 16.3. The first kappa shape index (κ1) is 16.2. The van der Waals surface area contributed by atoms with Gasteiger partial charge in [0.15, 0.2) is 5.82 Å². The Balaban J connectivity index is 1.63. The van der Waals surface area contributed by atoms with Gasteiger partial charge in [-0.3, -0.25) is 9.59 Å². The predicted molar refractivity (Wildman–Crippen MR) is 93.4 cm³/mol. The molecule has 3 N–H and O–H groups in total. The fourth-order valence-corrected chi connectivity index (χ4v) is 4.09. The van der Waals surface area contributed by atoms with Gasteiger partial charge >= 0.3 is 0 Å². The number of carbonyl (C=O) groups excluding carboxylic acids is 1. The maximum Gasteiger partial charge on any atom is 0.289 e. The van der Waals surface area contributed by atoms with Crippen LogP contribution in [-0.4, -0.2) is 58.2 Å². The molecule has 0 radical (unpaired) electrons. The van der Waals surface area contributed by atoms with Gasteiger partial charge in [-0.15, -0.1) is 0 Å². The summed E-state index contributed by atoms with van der Waals surface area (Å²) < 4.78 is 0. The first-order chi connectivity index (χ1) is 12.1. The van der Waals surface area contributed by atoms with Crippen LogP contribution in [0.15, 0.2) is 29.1 Å². The van der Waals surface area contributed by atoms with E-state index in [0.29, 0.717) is 37.0 Å². The van der Waals surface area contributed by atoms with E-state index in [0.717, 1.165) is 19.4 Å². The molecule has 0 bridgehead atoms. The van der Waals surface area contributed by atoms with Gasteiger partial charge in [0.05, 0.1) is 17.0 Å². The Kier molecular flexibility index (Phi) is 4.05. The molecule has 3 heterocycles. The summed E-state index contributed by atoms with van der Waals surface area (Å²) in [6.07, 6.45) is 2.02. The molecule has 2 aliphatic heterocycles. The molecule has 7 nitrogen and oxygen atoms in total. The van der Waals surface area contributed by atoms with Crippen molar-refractivity contribution in [1.29, 1.82) is 0 Å². The molecule has 2 atom stereocenters. The zero-order valence-electron chi connectivity index (χ0n) is 14.0. The molecule has 1 aromatic heterocycles. The van der Waals surface area contributed by atoms with E-state index in [4.69, 9.17) is 0 Å². The molecular weight excluding hydrogens is 320 g/mol. The van der Waals surface area contributed by atoms with Crippen LogP contribution >= 0.6 is 0 Å². The molecule has 132 valence electrons. The number of aromatic nitrogens is 2. The van der Waals surface area contributed by atoms with Crippen molar-refractivity contribution in [1.82, 2.24) is 20.2 Å². The number of nitrogens with one attached hydrogen (secondary N) is 2. The first-order valence-electron chi connectivity index (χ1n) is 8.76. The standard InChI is InChI=1S/C18H22N4O3/c23-14-6-8-19-10-18(14)7-3-9-22(11-18)17(25)15-20-13-5-2-1-4-12(13)16(24)21-15/h1-2,4-5,14,19,23H,3,6-11H2,(H,20,21,24)/t14-,18-/m0/s1. The monoisotopic (exact) mass is 342 g/mol. The molecule has 1 spiro atoms. The molecule has 2 fully saturated rings. The second-order valence-corrected chi connectivity index (χ2v) is 7.11. The van der Waals surface area contributed by atoms with Crippen LogP contribution in [0, 0.1) is 5.41 Å². The third kappa shape index (κ3) is 2.83. The average Bonchev–Trinajstić information content (AvgIpc) is 2.64. The SMILES string of the molecule is O=C(c1nc2ccccc2c(=O)[nH]1)N1CCC[C@]2(CNCC[C@@H]2O)C1. The lowest BCUT2D eigenvalue weighted by molar-refractivity contribution is -0.0435. The topological polar surface area (TPSA) is 98.3 Å². The number of carbonyl (C=O) groups is 1. The van der Waals surface area contributed by atoms with Crippen LogP contribution in [-0.2, 0) is 0 Å². The minimum absolute atomic E-state index is 0.0685. The second kappa shape index (κ2) is 6.24. The smallest absolute Gasteiger partial charge is 0.289 e. The minimum atomic E-state index is -0.409. The molecule has 1 amide bonds. The van der Waals surface area contributed by atoms with Crippen molar-refractivity contribution in [2.75, 3.05) is 26.2 Å². The summed E-state index contributed by atoms with van der Waals surface area (Å²) in [5.74, 6) is -0.210. The molecule has 1 aromatic carbocycles. The number of amides is 1. The van der Waals surface area contributed by atoms with E-state index < -0.39 is 6.10 Å². The van der Waals surface area contributed by atoms with Crippen LogP contribution in [0.3, 0.4) is 0 Å². The Morgan fingerprint density at radius 1 is 1.36 bits per heavy atom. The van der Waals surface area contributed by atoms with Gasteiger partial charge in [0.1, 0.15) is 0 Å². The van der Waals surface area contributed by atoms with Crippen molar-refractivity contribution in [3.63, 3.8) is 0 Å². The number of aliphatic hydroxyl groups excluding tert-OH is 1. The number of aromatic amines is 1. The van der Waals surface area contributed by atoms with Gasteiger partial charge in [-0.2, -0.15) is 0 Å². The van der Waals surface area contributed by atoms with Crippen molar-refractivity contribution in [3.05, 3.63) is 40.4 Å². The summed E-state index contributed by atoms with van der Waals surface area (Å²) in [7, 11) is 0. The number of likely N-dealkylation sites (tertiary alicyclic amines) is 1. The van der Waals surface area contributed by atoms with Crippen LogP contribution in [0.2, 0.25) is 0 Å². The van der Waals surface area contributed by atoms with Gasteiger partial charge in [0.2, 0.25) is 0 Å². The number of rotatable bonds is 1. The predicted octanol–water partition coefficient (Wildman–Crippen LogP) is 0.500. The van der Waals surface area contributed by atoms with Crippen LogP contribution < -0.4 is 10.9 Å². The maximum absolute atomic E-state index is 12.9. The van der Waals surface area contributed by atoms with Gasteiger partial charge in [-0.25, -0.2) is 4.98 Å². The fraction of sp³-hybridized carbons (Fsp3) is 0.500. The number of H-pyrrole nitrogens is 1. The molecule has 2 aromatic rings. The number of benzene rings is 1. The quantitative estimate of drug-likeness (QED) is 0.701. The Hall–Kier alpha value is -2.25. The van der Waals surface area contributed by atoms with Gasteiger partial charge in [0.25, 0.3) is 11.5 Å². The Labute approximate surface area is 145 Å². The van der Waals surface area contributed by atoms with Crippen LogP contribution in [0.5, 0.6) is 0 Å². The third-order valence-corrected chi connectivity index (χ3v) is 5.49. The maximum atomic E-state index is 12.9. The summed E-state index contributed by atoms with van der Waals surface area (Å²) in [6, 6.07) is 6.98. The molecule has 25 heavy (non-hydrogen) atoms. The fourth-order valence-electron chi connectivity index (χ4n) is 4.09. The Bertz CT molecular complexity index is 861. The molecule has 2 aliphatic rings. The third-order valence-electron chi connectivity index (χ3n) is 5.49. The summed E-state index contributed by atoms with van der Waals surface area (Å²) in [5.41, 5.74) is -0.0933. The van der Waals surface area contributed by atoms with Crippen molar-refractivity contribution < 1.29 is 9.90 Å². The number of nitrogens with zero attached hydrogens (tertiary/aromatic N) is 2. The minimum Gasteiger partial charge on any atom is -0.392 e. The van der Waals surface area contributed by atoms with Crippen LogP contribution in [0.4, 0.5) is 0 Å². The highest BCUT2D eigenvalue weighted by Gasteiger charge is 2.44. The van der Waals surface area contributed by atoms with Crippen molar-refractivity contribution in [2.45, 2.75) is 25.4 Å². The lowest BCUT2D eigenvalue weighted by Gasteiger charge is -2.48. The first-order valence-corrected chi connectivity index (χ1v) is 8.76. The number of aliphatic hydroxyl groups is 1. The number of hydrogen-bond acceptors (Lipinski definition) is 5. The molecular formula is C18H22N4O3. The van der Waals surface area contributed by atoms with E-state index in [1.807, 2.05) is 0 Å². The summed E-state index contributed by atoms with van der Waals surface area (Å²) in [4.78, 5) is 33.8. The van der Waals surface area contributed by atoms with Gasteiger partial charge in [-0.05, 0) is 37.9 Å². The Morgan fingerprint density at radius 2 is 2.20 bits per heavy atom. The second-order valence-electron chi connectivity index (χ2n) is 7.11. The average molecular weight is 342 g/mol. The molecule has 7 heteroatoms. The number of fused-ring (bicyclic) bond motifs is 1. The van der Waals surface area contributed by atoms with Crippen LogP contribution in [0.1, 0.15) is 29.9 Å². The van der Waals surface area contributed by atoms with E-state index in [1.165, 1.54) is 0 Å². The summed E-state index contributed by atoms with van der Waals surface area (Å²) in [6.45, 7) is 2.61. The van der Waals surface area contributed by atoms with Crippen LogP contribution in [0.25, 0.3) is 10.9 Å². The number of para-hydroxylation sites is 1. The molecule has 0 unspecified atom stereocenters. The van der Waals surface area contributed by atoms with Gasteiger partial charge in [-0.1, -0.05) is 12.1 Å². The van der Waals surface area contributed by atoms with E-state index >= 15 is 0 Å².